The molecule has 1 aromatic carbocycles. The summed E-state index contributed by atoms with van der Waals surface area (Å²) in [5.41, 5.74) is 2.61. The van der Waals surface area contributed by atoms with Crippen LogP contribution in [0.2, 0.25) is 5.02 Å². The molecule has 2 aromatic heterocycles. The van der Waals surface area contributed by atoms with E-state index in [1.165, 1.54) is 0 Å². The van der Waals surface area contributed by atoms with E-state index >= 15 is 0 Å². The van der Waals surface area contributed by atoms with Crippen LogP contribution in [0.3, 0.4) is 0 Å². The molecule has 3 rings (SSSR count). The zero-order chi connectivity index (χ0) is 18.1. The average molecular weight is 358 g/mol. The number of halogens is 1. The van der Waals surface area contributed by atoms with Crippen LogP contribution in [0.25, 0.3) is 5.78 Å². The van der Waals surface area contributed by atoms with Crippen molar-refractivity contribution in [2.24, 2.45) is 5.92 Å². The Balaban J connectivity index is 1.99. The third-order valence-corrected chi connectivity index (χ3v) is 4.11. The second kappa shape index (κ2) is 6.80. The number of carbonyl (C=O) groups excluding carboxylic acids is 1. The lowest BCUT2D eigenvalue weighted by Crippen LogP contribution is -2.34. The Bertz CT molecular complexity index is 917. The van der Waals surface area contributed by atoms with Gasteiger partial charge < -0.3 is 4.90 Å². The molecular weight excluding hydrogens is 338 g/mol. The van der Waals surface area contributed by atoms with Crippen molar-refractivity contribution < 1.29 is 4.79 Å². The second-order valence-electron chi connectivity index (χ2n) is 6.33. The third-order valence-electron chi connectivity index (χ3n) is 3.86. The van der Waals surface area contributed by atoms with Crippen molar-refractivity contribution >= 4 is 29.0 Å². The van der Waals surface area contributed by atoms with Crippen molar-refractivity contribution in [3.63, 3.8) is 0 Å². The maximum Gasteiger partial charge on any atom is 0.252 e. The van der Waals surface area contributed by atoms with Crippen molar-refractivity contribution in [1.82, 2.24) is 19.6 Å². The zero-order valence-electron chi connectivity index (χ0n) is 14.7. The number of hydrogen-bond donors (Lipinski definition) is 0. The first-order valence-corrected chi connectivity index (χ1v) is 8.50. The Morgan fingerprint density at radius 2 is 1.88 bits per heavy atom. The maximum atomic E-state index is 12.7. The lowest BCUT2D eigenvalue weighted by atomic mass is 10.1. The summed E-state index contributed by atoms with van der Waals surface area (Å²) >= 11 is 5.96. The van der Waals surface area contributed by atoms with Crippen LogP contribution in [0.5, 0.6) is 0 Å². The standard InChI is InChI=1S/C18H20ClN5O/c1-11(2)17(25)23(15-7-5-14(19)6-8-15)10-16-21-18-20-12(3)9-13(4)24(18)22-16/h5-9,11H,10H2,1-4H3. The van der Waals surface area contributed by atoms with E-state index in [0.29, 0.717) is 16.6 Å². The van der Waals surface area contributed by atoms with Crippen LogP contribution in [-0.4, -0.2) is 25.5 Å². The molecule has 0 fully saturated rings. The van der Waals surface area contributed by atoms with Gasteiger partial charge in [0, 0.05) is 28.0 Å². The highest BCUT2D eigenvalue weighted by atomic mass is 35.5. The summed E-state index contributed by atoms with van der Waals surface area (Å²) in [7, 11) is 0. The molecule has 0 unspecified atom stereocenters. The molecular formula is C18H20ClN5O. The largest absolute Gasteiger partial charge is 0.304 e. The second-order valence-corrected chi connectivity index (χ2v) is 6.77. The van der Waals surface area contributed by atoms with Gasteiger partial charge in [-0.15, -0.1) is 5.10 Å². The van der Waals surface area contributed by atoms with Crippen molar-refractivity contribution in [3.8, 4) is 0 Å². The van der Waals surface area contributed by atoms with E-state index in [0.717, 1.165) is 17.1 Å². The maximum absolute atomic E-state index is 12.7. The van der Waals surface area contributed by atoms with Gasteiger partial charge in [0.2, 0.25) is 5.91 Å². The first kappa shape index (κ1) is 17.4. The molecule has 6 nitrogen and oxygen atoms in total. The average Bonchev–Trinajstić information content (AvgIpc) is 2.95. The summed E-state index contributed by atoms with van der Waals surface area (Å²) in [6.45, 7) is 7.90. The summed E-state index contributed by atoms with van der Waals surface area (Å²) in [4.78, 5) is 23.2. The molecule has 0 aliphatic heterocycles. The molecule has 2 heterocycles. The molecule has 1 amide bonds. The van der Waals surface area contributed by atoms with Gasteiger partial charge in [-0.1, -0.05) is 25.4 Å². The molecule has 0 radical (unpaired) electrons. The Kier molecular flexibility index (Phi) is 4.72. The van der Waals surface area contributed by atoms with Crippen LogP contribution in [0.15, 0.2) is 30.3 Å². The Morgan fingerprint density at radius 1 is 1.20 bits per heavy atom. The number of anilines is 1. The van der Waals surface area contributed by atoms with Gasteiger partial charge in [0.1, 0.15) is 0 Å². The number of fused-ring (bicyclic) bond motifs is 1. The molecule has 130 valence electrons. The van der Waals surface area contributed by atoms with E-state index in [-0.39, 0.29) is 18.4 Å². The van der Waals surface area contributed by atoms with Crippen LogP contribution < -0.4 is 4.90 Å². The molecule has 0 atom stereocenters. The van der Waals surface area contributed by atoms with Gasteiger partial charge in [-0.2, -0.15) is 4.98 Å². The van der Waals surface area contributed by atoms with E-state index in [9.17, 15) is 4.79 Å². The van der Waals surface area contributed by atoms with Crippen LogP contribution in [0.1, 0.15) is 31.1 Å². The van der Waals surface area contributed by atoms with Gasteiger partial charge in [-0.25, -0.2) is 9.50 Å². The monoisotopic (exact) mass is 357 g/mol. The molecule has 0 saturated heterocycles. The van der Waals surface area contributed by atoms with E-state index in [1.807, 2.05) is 45.9 Å². The van der Waals surface area contributed by atoms with Crippen molar-refractivity contribution in [2.75, 3.05) is 4.90 Å². The first-order valence-electron chi connectivity index (χ1n) is 8.12. The van der Waals surface area contributed by atoms with Gasteiger partial charge in [0.15, 0.2) is 5.82 Å². The predicted octanol–water partition coefficient (Wildman–Crippen LogP) is 3.58. The number of carbonyl (C=O) groups is 1. The molecule has 7 heteroatoms. The molecule has 3 aromatic rings. The highest BCUT2D eigenvalue weighted by Gasteiger charge is 2.21. The quantitative estimate of drug-likeness (QED) is 0.715. The molecule has 25 heavy (non-hydrogen) atoms. The summed E-state index contributed by atoms with van der Waals surface area (Å²) in [5, 5.41) is 5.13. The molecule has 0 N–H and O–H groups in total. The molecule has 0 aliphatic rings. The van der Waals surface area contributed by atoms with Gasteiger partial charge >= 0.3 is 0 Å². The highest BCUT2D eigenvalue weighted by Crippen LogP contribution is 2.22. The summed E-state index contributed by atoms with van der Waals surface area (Å²) in [5.74, 6) is 0.947. The van der Waals surface area contributed by atoms with Gasteiger partial charge in [0.05, 0.1) is 6.54 Å². The van der Waals surface area contributed by atoms with Gasteiger partial charge in [0.25, 0.3) is 5.78 Å². The smallest absolute Gasteiger partial charge is 0.252 e. The summed E-state index contributed by atoms with van der Waals surface area (Å²) in [6, 6.07) is 9.13. The van der Waals surface area contributed by atoms with Gasteiger partial charge in [-0.05, 0) is 44.2 Å². The van der Waals surface area contributed by atoms with E-state index in [1.54, 1.807) is 21.5 Å². The SMILES string of the molecule is Cc1cc(C)n2nc(CN(C(=O)C(C)C)c3ccc(Cl)cc3)nc2n1. The zero-order valence-corrected chi connectivity index (χ0v) is 15.4. The molecule has 0 spiro atoms. The fourth-order valence-electron chi connectivity index (χ4n) is 2.65. The minimum atomic E-state index is -0.144. The van der Waals surface area contributed by atoms with Crippen LogP contribution in [0, 0.1) is 19.8 Å². The fraction of sp³-hybridized carbons (Fsp3) is 0.333. The van der Waals surface area contributed by atoms with Gasteiger partial charge in [-0.3, -0.25) is 4.79 Å². The van der Waals surface area contributed by atoms with Crippen LogP contribution in [0.4, 0.5) is 5.69 Å². The Morgan fingerprint density at radius 3 is 2.52 bits per heavy atom. The molecule has 0 aliphatic carbocycles. The highest BCUT2D eigenvalue weighted by molar-refractivity contribution is 6.30. The van der Waals surface area contributed by atoms with Crippen molar-refractivity contribution in [2.45, 2.75) is 34.2 Å². The first-order chi connectivity index (χ1) is 11.8. The van der Waals surface area contributed by atoms with Crippen molar-refractivity contribution in [3.05, 3.63) is 52.6 Å². The number of aromatic nitrogens is 4. The minimum absolute atomic E-state index is 0.00189. The Labute approximate surface area is 151 Å². The minimum Gasteiger partial charge on any atom is -0.304 e. The normalized spacial score (nSPS) is 11.3. The lowest BCUT2D eigenvalue weighted by molar-refractivity contribution is -0.121. The van der Waals surface area contributed by atoms with E-state index < -0.39 is 0 Å². The van der Waals surface area contributed by atoms with E-state index in [4.69, 9.17) is 11.6 Å². The number of nitrogens with zero attached hydrogens (tertiary/aromatic N) is 5. The van der Waals surface area contributed by atoms with Crippen LogP contribution in [-0.2, 0) is 11.3 Å². The van der Waals surface area contributed by atoms with E-state index in [2.05, 4.69) is 15.1 Å². The molecule has 0 saturated carbocycles. The number of hydrogen-bond acceptors (Lipinski definition) is 4. The number of aryl methyl sites for hydroxylation is 2. The molecule has 0 bridgehead atoms. The number of rotatable bonds is 4. The lowest BCUT2D eigenvalue weighted by Gasteiger charge is -2.23. The summed E-state index contributed by atoms with van der Waals surface area (Å²) < 4.78 is 1.70. The topological polar surface area (TPSA) is 63.4 Å². The Hall–Kier alpha value is -2.47. The third kappa shape index (κ3) is 3.64. The fourth-order valence-corrected chi connectivity index (χ4v) is 2.77. The van der Waals surface area contributed by atoms with Crippen LogP contribution >= 0.6 is 11.6 Å². The predicted molar refractivity (Wildman–Crippen MR) is 97.7 cm³/mol. The number of benzene rings is 1. The van der Waals surface area contributed by atoms with Crippen molar-refractivity contribution in [1.29, 1.82) is 0 Å². The summed E-state index contributed by atoms with van der Waals surface area (Å²) in [6.07, 6.45) is 0. The number of amides is 1.